The number of nitrogens with one attached hydrogen (secondary N) is 1. The van der Waals surface area contributed by atoms with E-state index in [0.29, 0.717) is 0 Å². The normalized spacial score (nSPS) is 12.4. The number of hydrogen-bond acceptors (Lipinski definition) is 1. The van der Waals surface area contributed by atoms with Gasteiger partial charge in [-0.2, -0.15) is 0 Å². The molecule has 20 heavy (non-hydrogen) atoms. The third-order valence-corrected chi connectivity index (χ3v) is 4.55. The summed E-state index contributed by atoms with van der Waals surface area (Å²) in [7, 11) is 0. The molecule has 0 aromatic heterocycles. The van der Waals surface area contributed by atoms with Crippen LogP contribution in [0.5, 0.6) is 0 Å². The zero-order valence-electron chi connectivity index (χ0n) is 11.2. The van der Waals surface area contributed by atoms with Crippen LogP contribution in [-0.4, -0.2) is 6.54 Å². The molecule has 2 aromatic carbocycles. The second kappa shape index (κ2) is 7.52. The number of hydrogen-bond donors (Lipinski definition) is 1. The predicted octanol–water partition coefficient (Wildman–Crippen LogP) is 5.09. The van der Waals surface area contributed by atoms with Crippen LogP contribution in [0.25, 0.3) is 0 Å². The monoisotopic (exact) mass is 447 g/mol. The van der Waals surface area contributed by atoms with Crippen molar-refractivity contribution in [3.05, 3.63) is 67.5 Å². The van der Waals surface area contributed by atoms with Gasteiger partial charge in [0.25, 0.3) is 0 Å². The van der Waals surface area contributed by atoms with Crippen LogP contribution in [0.2, 0.25) is 0 Å². The maximum absolute atomic E-state index is 13.2. The van der Waals surface area contributed by atoms with Gasteiger partial charge < -0.3 is 5.32 Å². The molecule has 2 rings (SSSR count). The van der Waals surface area contributed by atoms with E-state index in [0.717, 1.165) is 23.0 Å². The molecule has 0 heterocycles. The van der Waals surface area contributed by atoms with Crippen LogP contribution in [0, 0.1) is 9.39 Å². The minimum atomic E-state index is -0.217. The van der Waals surface area contributed by atoms with E-state index in [1.807, 2.05) is 6.07 Å². The largest absolute Gasteiger partial charge is 0.310 e. The predicted molar refractivity (Wildman–Crippen MR) is 93.4 cm³/mol. The van der Waals surface area contributed by atoms with Crippen LogP contribution in [-0.2, 0) is 6.42 Å². The first-order valence-electron chi connectivity index (χ1n) is 6.53. The molecule has 0 saturated heterocycles. The molecular formula is C16H16BrFIN. The summed E-state index contributed by atoms with van der Waals surface area (Å²) >= 11 is 5.76. The van der Waals surface area contributed by atoms with Crippen molar-refractivity contribution in [2.45, 2.75) is 19.4 Å². The standard InChI is InChI=1S/C16H16BrFIN/c1-2-20-16(9-11-3-6-13(19)7-4-11)14-8-5-12(18)10-15(14)17/h3-8,10,16,20H,2,9H2,1H3. The third-order valence-electron chi connectivity index (χ3n) is 3.14. The quantitative estimate of drug-likeness (QED) is 0.629. The summed E-state index contributed by atoms with van der Waals surface area (Å²) in [5.74, 6) is -0.217. The first-order valence-corrected chi connectivity index (χ1v) is 8.40. The van der Waals surface area contributed by atoms with E-state index in [9.17, 15) is 4.39 Å². The van der Waals surface area contributed by atoms with Gasteiger partial charge in [-0.3, -0.25) is 0 Å². The van der Waals surface area contributed by atoms with Gasteiger partial charge in [-0.1, -0.05) is 41.1 Å². The summed E-state index contributed by atoms with van der Waals surface area (Å²) in [4.78, 5) is 0. The summed E-state index contributed by atoms with van der Waals surface area (Å²) in [5, 5.41) is 3.47. The molecule has 0 bridgehead atoms. The van der Waals surface area contributed by atoms with Crippen molar-refractivity contribution < 1.29 is 4.39 Å². The van der Waals surface area contributed by atoms with Gasteiger partial charge in [0.1, 0.15) is 5.82 Å². The lowest BCUT2D eigenvalue weighted by atomic mass is 9.99. The summed E-state index contributed by atoms with van der Waals surface area (Å²) in [6.07, 6.45) is 0.884. The minimum Gasteiger partial charge on any atom is -0.310 e. The third kappa shape index (κ3) is 4.27. The molecular weight excluding hydrogens is 432 g/mol. The second-order valence-electron chi connectivity index (χ2n) is 4.61. The van der Waals surface area contributed by atoms with Crippen molar-refractivity contribution >= 4 is 38.5 Å². The van der Waals surface area contributed by atoms with E-state index in [1.165, 1.54) is 21.3 Å². The van der Waals surface area contributed by atoms with Crippen LogP contribution in [0.15, 0.2) is 46.9 Å². The van der Waals surface area contributed by atoms with E-state index >= 15 is 0 Å². The molecule has 0 spiro atoms. The molecule has 0 aliphatic rings. The first-order chi connectivity index (χ1) is 9.60. The Bertz CT molecular complexity index is 571. The molecule has 0 amide bonds. The maximum atomic E-state index is 13.2. The SMILES string of the molecule is CCNC(Cc1ccc(I)cc1)c1ccc(F)cc1Br. The lowest BCUT2D eigenvalue weighted by molar-refractivity contribution is 0.545. The minimum absolute atomic E-state index is 0.176. The molecule has 0 saturated carbocycles. The highest BCUT2D eigenvalue weighted by Crippen LogP contribution is 2.27. The molecule has 0 aliphatic heterocycles. The molecule has 4 heteroatoms. The Balaban J connectivity index is 2.24. The van der Waals surface area contributed by atoms with E-state index in [-0.39, 0.29) is 11.9 Å². The van der Waals surface area contributed by atoms with Crippen molar-refractivity contribution in [1.82, 2.24) is 5.32 Å². The van der Waals surface area contributed by atoms with Gasteiger partial charge >= 0.3 is 0 Å². The Morgan fingerprint density at radius 1 is 1.20 bits per heavy atom. The van der Waals surface area contributed by atoms with Gasteiger partial charge in [0.15, 0.2) is 0 Å². The molecule has 1 nitrogen and oxygen atoms in total. The van der Waals surface area contributed by atoms with Gasteiger partial charge in [0.05, 0.1) is 0 Å². The van der Waals surface area contributed by atoms with Gasteiger partial charge in [0, 0.05) is 14.1 Å². The van der Waals surface area contributed by atoms with Crippen LogP contribution in [0.1, 0.15) is 24.1 Å². The topological polar surface area (TPSA) is 12.0 Å². The molecule has 1 N–H and O–H groups in total. The van der Waals surface area contributed by atoms with E-state index in [4.69, 9.17) is 0 Å². The summed E-state index contributed by atoms with van der Waals surface area (Å²) in [5.41, 5.74) is 2.36. The molecule has 1 atom stereocenters. The number of likely N-dealkylation sites (N-methyl/N-ethyl adjacent to an activating group) is 1. The Morgan fingerprint density at radius 3 is 2.50 bits per heavy atom. The highest BCUT2D eigenvalue weighted by molar-refractivity contribution is 14.1. The Hall–Kier alpha value is -0.460. The van der Waals surface area contributed by atoms with E-state index < -0.39 is 0 Å². The van der Waals surface area contributed by atoms with Crippen molar-refractivity contribution in [3.8, 4) is 0 Å². The fourth-order valence-corrected chi connectivity index (χ4v) is 3.17. The van der Waals surface area contributed by atoms with Gasteiger partial charge in [0.2, 0.25) is 0 Å². The van der Waals surface area contributed by atoms with E-state index in [1.54, 1.807) is 0 Å². The summed E-state index contributed by atoms with van der Waals surface area (Å²) in [6, 6.07) is 13.6. The fraction of sp³-hybridized carbons (Fsp3) is 0.250. The molecule has 1 unspecified atom stereocenters. The Morgan fingerprint density at radius 2 is 1.90 bits per heavy atom. The zero-order valence-corrected chi connectivity index (χ0v) is 14.9. The summed E-state index contributed by atoms with van der Waals surface area (Å²) in [6.45, 7) is 2.96. The molecule has 0 radical (unpaired) electrons. The fourth-order valence-electron chi connectivity index (χ4n) is 2.18. The van der Waals surface area contributed by atoms with Crippen LogP contribution < -0.4 is 5.32 Å². The maximum Gasteiger partial charge on any atom is 0.124 e. The Kier molecular flexibility index (Phi) is 5.99. The number of halogens is 3. The number of benzene rings is 2. The summed E-state index contributed by atoms with van der Waals surface area (Å²) < 4.78 is 15.3. The first kappa shape index (κ1) is 15.9. The van der Waals surface area contributed by atoms with Gasteiger partial charge in [-0.25, -0.2) is 4.39 Å². The van der Waals surface area contributed by atoms with Crippen LogP contribution in [0.3, 0.4) is 0 Å². The smallest absolute Gasteiger partial charge is 0.124 e. The Labute approximate surface area is 141 Å². The second-order valence-corrected chi connectivity index (χ2v) is 6.71. The highest BCUT2D eigenvalue weighted by atomic mass is 127. The molecule has 0 fully saturated rings. The van der Waals surface area contributed by atoms with Crippen LogP contribution in [0.4, 0.5) is 4.39 Å². The average molecular weight is 448 g/mol. The number of rotatable bonds is 5. The molecule has 106 valence electrons. The molecule has 0 aliphatic carbocycles. The average Bonchev–Trinajstić information content (AvgIpc) is 2.41. The van der Waals surface area contributed by atoms with Crippen molar-refractivity contribution in [1.29, 1.82) is 0 Å². The van der Waals surface area contributed by atoms with Crippen molar-refractivity contribution in [2.75, 3.05) is 6.54 Å². The van der Waals surface area contributed by atoms with E-state index in [2.05, 4.69) is 75.0 Å². The van der Waals surface area contributed by atoms with Crippen LogP contribution >= 0.6 is 38.5 Å². The van der Waals surface area contributed by atoms with Crippen molar-refractivity contribution in [3.63, 3.8) is 0 Å². The van der Waals surface area contributed by atoms with Gasteiger partial charge in [-0.15, -0.1) is 0 Å². The van der Waals surface area contributed by atoms with Gasteiger partial charge in [-0.05, 0) is 70.9 Å². The van der Waals surface area contributed by atoms with Crippen molar-refractivity contribution in [2.24, 2.45) is 0 Å². The highest BCUT2D eigenvalue weighted by Gasteiger charge is 2.14. The zero-order chi connectivity index (χ0) is 14.5. The molecule has 2 aromatic rings. The lowest BCUT2D eigenvalue weighted by Crippen LogP contribution is -2.23. The lowest BCUT2D eigenvalue weighted by Gasteiger charge is -2.20.